The Labute approximate surface area is 85.9 Å². The average Bonchev–Trinajstić information content (AvgIpc) is 2.48. The molecule has 2 aromatic rings. The Morgan fingerprint density at radius 1 is 1.43 bits per heavy atom. The van der Waals surface area contributed by atoms with Crippen LogP contribution >= 0.6 is 11.6 Å². The fraction of sp³-hybridized carbons (Fsp3) is 0.125. The lowest BCUT2D eigenvalue weighted by molar-refractivity contribution is 0.426. The molecule has 0 atom stereocenters. The van der Waals surface area contributed by atoms with Crippen molar-refractivity contribution < 1.29 is 10.0 Å². The van der Waals surface area contributed by atoms with Crippen LogP contribution in [0.25, 0.3) is 10.9 Å². The molecule has 6 heteroatoms. The molecule has 0 amide bonds. The summed E-state index contributed by atoms with van der Waals surface area (Å²) >= 11 is 6.00. The highest BCUT2D eigenvalue weighted by molar-refractivity contribution is 6.63. The van der Waals surface area contributed by atoms with E-state index >= 15 is 0 Å². The zero-order valence-electron chi connectivity index (χ0n) is 7.48. The van der Waals surface area contributed by atoms with Crippen molar-refractivity contribution in [1.29, 1.82) is 0 Å². The van der Waals surface area contributed by atoms with E-state index in [0.29, 0.717) is 16.0 Å². The summed E-state index contributed by atoms with van der Waals surface area (Å²) in [5.41, 5.74) is 1.00. The van der Waals surface area contributed by atoms with Crippen molar-refractivity contribution in [2.45, 2.75) is 0 Å². The Bertz CT molecular complexity index is 483. The molecule has 72 valence electrons. The van der Waals surface area contributed by atoms with Crippen LogP contribution in [-0.2, 0) is 7.05 Å². The second kappa shape index (κ2) is 3.27. The third-order valence-corrected chi connectivity index (χ3v) is 2.55. The Morgan fingerprint density at radius 2 is 2.14 bits per heavy atom. The number of aryl methyl sites for hydroxylation is 1. The highest BCUT2D eigenvalue weighted by Crippen LogP contribution is 2.20. The first-order chi connectivity index (χ1) is 6.61. The van der Waals surface area contributed by atoms with Crippen LogP contribution in [0.4, 0.5) is 0 Å². The number of rotatable bonds is 1. The molecule has 0 saturated heterocycles. The highest BCUT2D eigenvalue weighted by atomic mass is 35.5. The number of fused-ring (bicyclic) bond motifs is 1. The second-order valence-electron chi connectivity index (χ2n) is 3.05. The van der Waals surface area contributed by atoms with Gasteiger partial charge in [-0.15, -0.1) is 0 Å². The number of hydrogen-bond donors (Lipinski definition) is 2. The normalized spacial score (nSPS) is 10.9. The first-order valence-electron chi connectivity index (χ1n) is 4.07. The standard InChI is InChI=1S/C8H8BClN2O2/c1-12-8-5(4-11-12)2-3-6(7(8)10)9(13)14/h2-4,13-14H,1H3. The topological polar surface area (TPSA) is 58.3 Å². The van der Waals surface area contributed by atoms with Crippen LogP contribution in [0.1, 0.15) is 0 Å². The van der Waals surface area contributed by atoms with Crippen molar-refractivity contribution in [1.82, 2.24) is 9.78 Å². The van der Waals surface area contributed by atoms with Gasteiger partial charge >= 0.3 is 7.12 Å². The molecule has 0 fully saturated rings. The largest absolute Gasteiger partial charge is 0.490 e. The zero-order valence-corrected chi connectivity index (χ0v) is 8.23. The first-order valence-corrected chi connectivity index (χ1v) is 4.45. The quantitative estimate of drug-likeness (QED) is 0.647. The van der Waals surface area contributed by atoms with Gasteiger partial charge < -0.3 is 10.0 Å². The van der Waals surface area contributed by atoms with Crippen LogP contribution in [0.15, 0.2) is 18.3 Å². The zero-order chi connectivity index (χ0) is 10.3. The molecule has 4 nitrogen and oxygen atoms in total. The molecule has 0 spiro atoms. The van der Waals surface area contributed by atoms with Gasteiger partial charge in [-0.3, -0.25) is 4.68 Å². The Morgan fingerprint density at radius 3 is 2.79 bits per heavy atom. The third kappa shape index (κ3) is 1.30. The van der Waals surface area contributed by atoms with Gasteiger partial charge in [0.15, 0.2) is 0 Å². The summed E-state index contributed by atoms with van der Waals surface area (Å²) in [6.07, 6.45) is 1.68. The van der Waals surface area contributed by atoms with E-state index in [1.165, 1.54) is 0 Å². The molecule has 0 bridgehead atoms. The second-order valence-corrected chi connectivity index (χ2v) is 3.43. The predicted octanol–water partition coefficient (Wildman–Crippen LogP) is -0.0935. The molecular weight excluding hydrogens is 202 g/mol. The smallest absolute Gasteiger partial charge is 0.423 e. The van der Waals surface area contributed by atoms with Crippen molar-refractivity contribution in [3.63, 3.8) is 0 Å². The third-order valence-electron chi connectivity index (χ3n) is 2.15. The molecule has 1 heterocycles. The Kier molecular flexibility index (Phi) is 2.22. The molecular formula is C8H8BClN2O2. The number of halogens is 1. The van der Waals surface area contributed by atoms with Gasteiger partial charge in [0.25, 0.3) is 0 Å². The average molecular weight is 210 g/mol. The fourth-order valence-electron chi connectivity index (χ4n) is 1.43. The molecule has 0 unspecified atom stereocenters. The lowest BCUT2D eigenvalue weighted by Crippen LogP contribution is -2.30. The van der Waals surface area contributed by atoms with E-state index in [0.717, 1.165) is 5.39 Å². The van der Waals surface area contributed by atoms with E-state index in [1.54, 1.807) is 30.1 Å². The van der Waals surface area contributed by atoms with E-state index in [1.807, 2.05) is 0 Å². The lowest BCUT2D eigenvalue weighted by Gasteiger charge is -2.04. The van der Waals surface area contributed by atoms with Gasteiger partial charge in [-0.25, -0.2) is 0 Å². The summed E-state index contributed by atoms with van der Waals surface area (Å²) in [6.45, 7) is 0. The minimum atomic E-state index is -1.55. The van der Waals surface area contributed by atoms with Gasteiger partial charge in [-0.2, -0.15) is 5.10 Å². The highest BCUT2D eigenvalue weighted by Gasteiger charge is 2.18. The van der Waals surface area contributed by atoms with Crippen LogP contribution in [0.3, 0.4) is 0 Å². The summed E-state index contributed by atoms with van der Waals surface area (Å²) in [5.74, 6) is 0. The molecule has 2 rings (SSSR count). The van der Waals surface area contributed by atoms with Crippen molar-refractivity contribution in [3.8, 4) is 0 Å². The Balaban J connectivity index is 2.79. The van der Waals surface area contributed by atoms with Gasteiger partial charge in [0.2, 0.25) is 0 Å². The monoisotopic (exact) mass is 210 g/mol. The van der Waals surface area contributed by atoms with Gasteiger partial charge in [0.05, 0.1) is 16.7 Å². The van der Waals surface area contributed by atoms with Crippen LogP contribution in [0.2, 0.25) is 5.02 Å². The number of hydrogen-bond acceptors (Lipinski definition) is 3. The summed E-state index contributed by atoms with van der Waals surface area (Å²) in [4.78, 5) is 0. The van der Waals surface area contributed by atoms with E-state index < -0.39 is 7.12 Å². The van der Waals surface area contributed by atoms with Crippen LogP contribution in [0, 0.1) is 0 Å². The van der Waals surface area contributed by atoms with E-state index in [9.17, 15) is 0 Å². The number of benzene rings is 1. The summed E-state index contributed by atoms with van der Waals surface area (Å²) in [7, 11) is 0.198. The van der Waals surface area contributed by atoms with Crippen molar-refractivity contribution >= 4 is 35.1 Å². The first kappa shape index (κ1) is 9.52. The molecule has 14 heavy (non-hydrogen) atoms. The van der Waals surface area contributed by atoms with Gasteiger partial charge in [-0.1, -0.05) is 23.7 Å². The molecule has 0 aliphatic carbocycles. The van der Waals surface area contributed by atoms with Gasteiger partial charge in [0.1, 0.15) is 0 Å². The van der Waals surface area contributed by atoms with Crippen molar-refractivity contribution in [2.75, 3.05) is 0 Å². The van der Waals surface area contributed by atoms with E-state index in [2.05, 4.69) is 5.10 Å². The Hall–Kier alpha value is -1.04. The maximum Gasteiger partial charge on any atom is 0.490 e. The number of nitrogens with zero attached hydrogens (tertiary/aromatic N) is 2. The summed E-state index contributed by atoms with van der Waals surface area (Å²) in [5, 5.41) is 23.3. The summed E-state index contributed by atoms with van der Waals surface area (Å²) in [6, 6.07) is 3.33. The molecule has 1 aromatic carbocycles. The molecule has 0 radical (unpaired) electrons. The van der Waals surface area contributed by atoms with E-state index in [4.69, 9.17) is 21.6 Å². The van der Waals surface area contributed by atoms with Crippen LogP contribution in [0.5, 0.6) is 0 Å². The fourth-order valence-corrected chi connectivity index (χ4v) is 1.83. The lowest BCUT2D eigenvalue weighted by atomic mass is 9.80. The van der Waals surface area contributed by atoms with E-state index in [-0.39, 0.29) is 0 Å². The molecule has 0 saturated carbocycles. The maximum atomic E-state index is 9.03. The van der Waals surface area contributed by atoms with Crippen molar-refractivity contribution in [3.05, 3.63) is 23.4 Å². The van der Waals surface area contributed by atoms with Gasteiger partial charge in [0, 0.05) is 17.9 Å². The minimum absolute atomic E-state index is 0.294. The minimum Gasteiger partial charge on any atom is -0.423 e. The molecule has 2 N–H and O–H groups in total. The SMILES string of the molecule is Cn1ncc2ccc(B(O)O)c(Cl)c21. The summed E-state index contributed by atoms with van der Waals surface area (Å²) < 4.78 is 1.60. The predicted molar refractivity (Wildman–Crippen MR) is 55.5 cm³/mol. The maximum absolute atomic E-state index is 9.03. The molecule has 1 aromatic heterocycles. The molecule has 0 aliphatic rings. The molecule has 0 aliphatic heterocycles. The number of aromatic nitrogens is 2. The van der Waals surface area contributed by atoms with Gasteiger partial charge in [-0.05, 0) is 0 Å². The van der Waals surface area contributed by atoms with Crippen LogP contribution in [-0.4, -0.2) is 26.9 Å². The van der Waals surface area contributed by atoms with Crippen molar-refractivity contribution in [2.24, 2.45) is 7.05 Å². The van der Waals surface area contributed by atoms with Crippen LogP contribution < -0.4 is 5.46 Å².